The zero-order valence-electron chi connectivity index (χ0n) is 19.6. The first-order valence-corrected chi connectivity index (χ1v) is 11.6. The molecule has 1 aromatic carbocycles. The van der Waals surface area contributed by atoms with E-state index in [1.165, 1.54) is 4.90 Å². The van der Waals surface area contributed by atoms with Gasteiger partial charge in [-0.25, -0.2) is 4.79 Å². The predicted molar refractivity (Wildman–Crippen MR) is 121 cm³/mol. The first kappa shape index (κ1) is 23.6. The number of benzene rings is 1. The van der Waals surface area contributed by atoms with Gasteiger partial charge in [-0.15, -0.1) is 0 Å². The van der Waals surface area contributed by atoms with Gasteiger partial charge in [-0.2, -0.15) is 0 Å². The summed E-state index contributed by atoms with van der Waals surface area (Å²) in [5.74, 6) is 1.38. The molecule has 3 amide bonds. The second-order valence-corrected chi connectivity index (χ2v) is 10.2. The van der Waals surface area contributed by atoms with Crippen molar-refractivity contribution < 1.29 is 19.4 Å². The highest BCUT2D eigenvalue weighted by Gasteiger charge is 2.53. The summed E-state index contributed by atoms with van der Waals surface area (Å²) in [5.41, 5.74) is 0.505. The number of urea groups is 1. The minimum absolute atomic E-state index is 0.0283. The van der Waals surface area contributed by atoms with Crippen molar-refractivity contribution >= 4 is 11.9 Å². The Labute approximate surface area is 186 Å². The van der Waals surface area contributed by atoms with Gasteiger partial charge in [0.05, 0.1) is 6.54 Å². The van der Waals surface area contributed by atoms with Crippen LogP contribution in [-0.2, 0) is 4.79 Å². The van der Waals surface area contributed by atoms with Crippen molar-refractivity contribution in [3.8, 4) is 5.75 Å². The van der Waals surface area contributed by atoms with E-state index in [0.717, 1.165) is 30.6 Å². The SMILES string of the molecule is CCC(C)(C)C1CCC2(CC1)NC(=O)N(CC(O)COc1ccccc1C(C)C)C2=O. The van der Waals surface area contributed by atoms with Crippen LogP contribution in [0.5, 0.6) is 5.75 Å². The van der Waals surface area contributed by atoms with Crippen LogP contribution in [0.15, 0.2) is 24.3 Å². The molecule has 2 N–H and O–H groups in total. The highest BCUT2D eigenvalue weighted by molar-refractivity contribution is 6.07. The second-order valence-electron chi connectivity index (χ2n) is 10.2. The molecule has 1 aliphatic heterocycles. The number of nitrogens with one attached hydrogen (secondary N) is 1. The van der Waals surface area contributed by atoms with Crippen molar-refractivity contribution in [1.82, 2.24) is 10.2 Å². The molecule has 1 atom stereocenters. The van der Waals surface area contributed by atoms with Crippen LogP contribution >= 0.6 is 0 Å². The van der Waals surface area contributed by atoms with Crippen molar-refractivity contribution in [2.45, 2.75) is 84.3 Å². The molecule has 172 valence electrons. The van der Waals surface area contributed by atoms with Crippen LogP contribution in [0.1, 0.15) is 78.2 Å². The van der Waals surface area contributed by atoms with E-state index in [9.17, 15) is 14.7 Å². The highest BCUT2D eigenvalue weighted by atomic mass is 16.5. The number of rotatable bonds is 8. The predicted octanol–water partition coefficient (Wildman–Crippen LogP) is 4.47. The number of ether oxygens (including phenoxy) is 1. The van der Waals surface area contributed by atoms with Crippen molar-refractivity contribution in [3.05, 3.63) is 29.8 Å². The van der Waals surface area contributed by atoms with E-state index in [4.69, 9.17) is 4.74 Å². The van der Waals surface area contributed by atoms with Gasteiger partial charge < -0.3 is 15.2 Å². The molecule has 0 aromatic heterocycles. The molecule has 1 spiro atoms. The average molecular weight is 431 g/mol. The molecular weight excluding hydrogens is 392 g/mol. The van der Waals surface area contributed by atoms with E-state index in [-0.39, 0.29) is 24.5 Å². The van der Waals surface area contributed by atoms with Crippen LogP contribution in [0.2, 0.25) is 0 Å². The van der Waals surface area contributed by atoms with Crippen LogP contribution in [0.25, 0.3) is 0 Å². The van der Waals surface area contributed by atoms with Gasteiger partial charge in [-0.1, -0.05) is 59.2 Å². The molecule has 1 aliphatic carbocycles. The first-order valence-electron chi connectivity index (χ1n) is 11.6. The maximum absolute atomic E-state index is 13.2. The number of amides is 3. The van der Waals surface area contributed by atoms with Crippen LogP contribution in [0, 0.1) is 11.3 Å². The van der Waals surface area contributed by atoms with E-state index in [1.54, 1.807) is 0 Å². The van der Waals surface area contributed by atoms with Crippen molar-refractivity contribution in [1.29, 1.82) is 0 Å². The number of imide groups is 1. The highest BCUT2D eigenvalue weighted by Crippen LogP contribution is 2.45. The molecule has 31 heavy (non-hydrogen) atoms. The Kier molecular flexibility index (Phi) is 6.99. The fourth-order valence-electron chi connectivity index (χ4n) is 4.90. The fourth-order valence-corrected chi connectivity index (χ4v) is 4.90. The van der Waals surface area contributed by atoms with Gasteiger partial charge in [0.15, 0.2) is 0 Å². The summed E-state index contributed by atoms with van der Waals surface area (Å²) in [6.07, 6.45) is 3.34. The molecule has 2 fully saturated rings. The molecular formula is C25H38N2O4. The Morgan fingerprint density at radius 3 is 2.48 bits per heavy atom. The number of aliphatic hydroxyl groups excluding tert-OH is 1. The van der Waals surface area contributed by atoms with Gasteiger partial charge in [0.2, 0.25) is 0 Å². The van der Waals surface area contributed by atoms with E-state index in [1.807, 2.05) is 24.3 Å². The largest absolute Gasteiger partial charge is 0.491 e. The third-order valence-corrected chi connectivity index (χ3v) is 7.47. The molecule has 1 heterocycles. The summed E-state index contributed by atoms with van der Waals surface area (Å²) in [7, 11) is 0. The number of carbonyl (C=O) groups is 2. The molecule has 1 aromatic rings. The fraction of sp³-hybridized carbons (Fsp3) is 0.680. The van der Waals surface area contributed by atoms with E-state index in [2.05, 4.69) is 39.9 Å². The minimum Gasteiger partial charge on any atom is -0.491 e. The lowest BCUT2D eigenvalue weighted by Gasteiger charge is -2.42. The summed E-state index contributed by atoms with van der Waals surface area (Å²) in [6.45, 7) is 10.9. The Bertz CT molecular complexity index is 796. The van der Waals surface area contributed by atoms with E-state index in [0.29, 0.717) is 24.7 Å². The monoisotopic (exact) mass is 430 g/mol. The smallest absolute Gasteiger partial charge is 0.325 e. The standard InChI is InChI=1S/C25H38N2O4/c1-6-24(4,5)18-11-13-25(14-12-18)22(29)27(23(30)26-25)15-19(28)16-31-21-10-8-7-9-20(21)17(2)3/h7-10,17-19,28H,6,11-16H2,1-5H3,(H,26,30). The molecule has 1 saturated heterocycles. The number of β-amino-alcohol motifs (C(OH)–C–C–N with tert-alkyl or cyclic N) is 1. The number of nitrogens with zero attached hydrogens (tertiary/aromatic N) is 1. The van der Waals surface area contributed by atoms with E-state index < -0.39 is 17.7 Å². The third-order valence-electron chi connectivity index (χ3n) is 7.47. The van der Waals surface area contributed by atoms with Crippen molar-refractivity contribution in [2.24, 2.45) is 11.3 Å². The Balaban J connectivity index is 1.58. The zero-order chi connectivity index (χ0) is 22.8. The van der Waals surface area contributed by atoms with E-state index >= 15 is 0 Å². The van der Waals surface area contributed by atoms with Crippen LogP contribution < -0.4 is 10.1 Å². The van der Waals surface area contributed by atoms with Crippen molar-refractivity contribution in [3.63, 3.8) is 0 Å². The molecule has 1 unspecified atom stereocenters. The minimum atomic E-state index is -0.944. The second kappa shape index (κ2) is 9.19. The van der Waals surface area contributed by atoms with Crippen LogP contribution in [0.4, 0.5) is 4.79 Å². The zero-order valence-corrected chi connectivity index (χ0v) is 19.6. The summed E-state index contributed by atoms with van der Waals surface area (Å²) >= 11 is 0. The maximum atomic E-state index is 13.2. The van der Waals surface area contributed by atoms with Gasteiger partial charge in [0.1, 0.15) is 24.0 Å². The van der Waals surface area contributed by atoms with Gasteiger partial charge in [-0.3, -0.25) is 9.69 Å². The molecule has 6 heteroatoms. The van der Waals surface area contributed by atoms with Crippen LogP contribution in [0.3, 0.4) is 0 Å². The van der Waals surface area contributed by atoms with Gasteiger partial charge in [0, 0.05) is 0 Å². The topological polar surface area (TPSA) is 78.9 Å². The molecule has 2 aliphatic rings. The summed E-state index contributed by atoms with van der Waals surface area (Å²) in [4.78, 5) is 26.9. The number of hydrogen-bond donors (Lipinski definition) is 2. The lowest BCUT2D eigenvalue weighted by Crippen LogP contribution is -2.51. The molecule has 0 radical (unpaired) electrons. The Morgan fingerprint density at radius 2 is 1.87 bits per heavy atom. The normalized spacial score (nSPS) is 25.3. The van der Waals surface area contributed by atoms with Gasteiger partial charge in [-0.05, 0) is 54.6 Å². The Hall–Kier alpha value is -2.08. The first-order chi connectivity index (χ1) is 14.6. The Morgan fingerprint density at radius 1 is 1.23 bits per heavy atom. The van der Waals surface area contributed by atoms with Crippen LogP contribution in [-0.4, -0.2) is 46.7 Å². The van der Waals surface area contributed by atoms with Gasteiger partial charge in [0.25, 0.3) is 5.91 Å². The molecule has 0 bridgehead atoms. The molecule has 6 nitrogen and oxygen atoms in total. The van der Waals surface area contributed by atoms with Crippen molar-refractivity contribution in [2.75, 3.05) is 13.2 Å². The maximum Gasteiger partial charge on any atom is 0.325 e. The quantitative estimate of drug-likeness (QED) is 0.597. The lowest BCUT2D eigenvalue weighted by atomic mass is 9.65. The number of carbonyl (C=O) groups excluding carboxylic acids is 2. The summed E-state index contributed by atoms with van der Waals surface area (Å²) in [6, 6.07) is 7.33. The summed E-state index contributed by atoms with van der Waals surface area (Å²) < 4.78 is 5.82. The molecule has 1 saturated carbocycles. The average Bonchev–Trinajstić information content (AvgIpc) is 2.96. The summed E-state index contributed by atoms with van der Waals surface area (Å²) in [5, 5.41) is 13.5. The van der Waals surface area contributed by atoms with Gasteiger partial charge >= 0.3 is 6.03 Å². The third kappa shape index (κ3) is 4.89. The number of para-hydroxylation sites is 1. The molecule has 3 rings (SSSR count). The number of aliphatic hydroxyl groups is 1. The lowest BCUT2D eigenvalue weighted by molar-refractivity contribution is -0.134. The number of hydrogen-bond acceptors (Lipinski definition) is 4.